The smallest absolute Gasteiger partial charge is 0.136 e. The average Bonchev–Trinajstić information content (AvgIpc) is 2.91. The molecule has 0 saturated heterocycles. The van der Waals surface area contributed by atoms with Gasteiger partial charge in [0.1, 0.15) is 5.78 Å². The first-order valence-corrected chi connectivity index (χ1v) is 5.48. The predicted octanol–water partition coefficient (Wildman–Crippen LogP) is 1.91. The molecule has 0 aromatic rings. The molecule has 0 spiro atoms. The van der Waals surface area contributed by atoms with Crippen LogP contribution in [0.15, 0.2) is 0 Å². The van der Waals surface area contributed by atoms with Gasteiger partial charge in [0.25, 0.3) is 0 Å². The number of carbonyl (C=O) groups is 1. The molecule has 2 unspecified atom stereocenters. The number of carbonyl (C=O) groups excluding carboxylic acids is 1. The van der Waals surface area contributed by atoms with Crippen molar-refractivity contribution in [3.05, 3.63) is 0 Å². The van der Waals surface area contributed by atoms with Crippen LogP contribution < -0.4 is 0 Å². The summed E-state index contributed by atoms with van der Waals surface area (Å²) in [6.07, 6.45) is 6.93. The fraction of sp³-hybridized carbons (Fsp3) is 0.909. The molecule has 0 aromatic carbocycles. The summed E-state index contributed by atoms with van der Waals surface area (Å²) in [7, 11) is 0. The first-order chi connectivity index (χ1) is 6.27. The molecule has 2 atom stereocenters. The minimum Gasteiger partial charge on any atom is -0.393 e. The van der Waals surface area contributed by atoms with Crippen LogP contribution in [-0.2, 0) is 4.79 Å². The summed E-state index contributed by atoms with van der Waals surface area (Å²) in [5, 5.41) is 9.67. The highest BCUT2D eigenvalue weighted by Gasteiger charge is 2.33. The lowest BCUT2D eigenvalue weighted by Gasteiger charge is -2.26. The van der Waals surface area contributed by atoms with Crippen LogP contribution in [0.1, 0.15) is 44.9 Å². The van der Waals surface area contributed by atoms with Crippen LogP contribution in [0.25, 0.3) is 0 Å². The van der Waals surface area contributed by atoms with Crippen LogP contribution in [0, 0.1) is 11.8 Å². The summed E-state index contributed by atoms with van der Waals surface area (Å²) in [5.41, 5.74) is 0. The predicted molar refractivity (Wildman–Crippen MR) is 50.3 cm³/mol. The number of ketones is 1. The Bertz CT molecular complexity index is 196. The first-order valence-electron chi connectivity index (χ1n) is 5.48. The summed E-state index contributed by atoms with van der Waals surface area (Å²) in [6, 6.07) is 0. The number of Topliss-reactive ketones (excluding diaryl/α,β-unsaturated/α-hetero) is 1. The molecule has 2 nitrogen and oxygen atoms in total. The van der Waals surface area contributed by atoms with Gasteiger partial charge in [-0.15, -0.1) is 0 Å². The summed E-state index contributed by atoms with van der Waals surface area (Å²) in [4.78, 5) is 11.5. The summed E-state index contributed by atoms with van der Waals surface area (Å²) < 4.78 is 0. The molecule has 2 saturated carbocycles. The fourth-order valence-corrected chi connectivity index (χ4v) is 2.26. The lowest BCUT2D eigenvalue weighted by Crippen LogP contribution is -2.27. The molecule has 0 aliphatic heterocycles. The van der Waals surface area contributed by atoms with Crippen molar-refractivity contribution in [1.82, 2.24) is 0 Å². The molecular formula is C11H18O2. The Morgan fingerprint density at radius 1 is 1.15 bits per heavy atom. The van der Waals surface area contributed by atoms with Crippen LogP contribution in [0.4, 0.5) is 0 Å². The molecular weight excluding hydrogens is 164 g/mol. The van der Waals surface area contributed by atoms with Crippen molar-refractivity contribution >= 4 is 5.78 Å². The van der Waals surface area contributed by atoms with Crippen LogP contribution in [0.2, 0.25) is 0 Å². The number of hydrogen-bond donors (Lipinski definition) is 1. The minimum atomic E-state index is -0.198. The highest BCUT2D eigenvalue weighted by atomic mass is 16.3. The Kier molecular flexibility index (Phi) is 2.68. The van der Waals surface area contributed by atoms with E-state index in [9.17, 15) is 9.90 Å². The molecule has 13 heavy (non-hydrogen) atoms. The van der Waals surface area contributed by atoms with E-state index in [1.807, 2.05) is 0 Å². The monoisotopic (exact) mass is 182 g/mol. The maximum absolute atomic E-state index is 11.5. The lowest BCUT2D eigenvalue weighted by atomic mass is 9.83. The van der Waals surface area contributed by atoms with Gasteiger partial charge in [0.15, 0.2) is 0 Å². The number of hydrogen-bond acceptors (Lipinski definition) is 2. The van der Waals surface area contributed by atoms with E-state index >= 15 is 0 Å². The Balaban J connectivity index is 1.81. The van der Waals surface area contributed by atoms with Crippen LogP contribution in [-0.4, -0.2) is 17.0 Å². The second-order valence-electron chi connectivity index (χ2n) is 4.56. The SMILES string of the molecule is O=C(CC1CCCCC1O)C1CC1. The van der Waals surface area contributed by atoms with Gasteiger partial charge in [0, 0.05) is 12.3 Å². The van der Waals surface area contributed by atoms with E-state index in [-0.39, 0.29) is 12.0 Å². The minimum absolute atomic E-state index is 0.198. The average molecular weight is 182 g/mol. The normalized spacial score (nSPS) is 34.5. The number of aliphatic hydroxyl groups excluding tert-OH is 1. The largest absolute Gasteiger partial charge is 0.393 e. The molecule has 2 fully saturated rings. The van der Waals surface area contributed by atoms with Crippen molar-refractivity contribution in [2.75, 3.05) is 0 Å². The van der Waals surface area contributed by atoms with Crippen LogP contribution >= 0.6 is 0 Å². The van der Waals surface area contributed by atoms with E-state index in [2.05, 4.69) is 0 Å². The van der Waals surface area contributed by atoms with Crippen molar-refractivity contribution in [3.8, 4) is 0 Å². The molecule has 74 valence electrons. The van der Waals surface area contributed by atoms with Gasteiger partial charge < -0.3 is 5.11 Å². The third-order valence-corrected chi connectivity index (χ3v) is 3.37. The highest BCUT2D eigenvalue weighted by Crippen LogP contribution is 2.35. The van der Waals surface area contributed by atoms with E-state index in [1.54, 1.807) is 0 Å². The third-order valence-electron chi connectivity index (χ3n) is 3.37. The molecule has 1 N–H and O–H groups in total. The van der Waals surface area contributed by atoms with Crippen molar-refractivity contribution in [1.29, 1.82) is 0 Å². The van der Waals surface area contributed by atoms with E-state index in [1.165, 1.54) is 6.42 Å². The number of rotatable bonds is 3. The third kappa shape index (κ3) is 2.31. The molecule has 0 heterocycles. The molecule has 0 bridgehead atoms. The molecule has 2 rings (SSSR count). The van der Waals surface area contributed by atoms with Gasteiger partial charge in [-0.25, -0.2) is 0 Å². The zero-order valence-corrected chi connectivity index (χ0v) is 8.04. The first kappa shape index (κ1) is 9.20. The van der Waals surface area contributed by atoms with Crippen molar-refractivity contribution < 1.29 is 9.90 Å². The topological polar surface area (TPSA) is 37.3 Å². The van der Waals surface area contributed by atoms with Crippen LogP contribution in [0.5, 0.6) is 0 Å². The van der Waals surface area contributed by atoms with E-state index in [0.717, 1.165) is 32.1 Å². The fourth-order valence-electron chi connectivity index (χ4n) is 2.26. The molecule has 2 aliphatic rings. The maximum Gasteiger partial charge on any atom is 0.136 e. The van der Waals surface area contributed by atoms with Crippen molar-refractivity contribution in [3.63, 3.8) is 0 Å². The van der Waals surface area contributed by atoms with Crippen molar-refractivity contribution in [2.24, 2.45) is 11.8 Å². The van der Waals surface area contributed by atoms with Gasteiger partial charge in [0.05, 0.1) is 6.10 Å². The Morgan fingerprint density at radius 2 is 1.85 bits per heavy atom. The molecule has 2 heteroatoms. The van der Waals surface area contributed by atoms with Crippen molar-refractivity contribution in [2.45, 2.75) is 51.0 Å². The van der Waals surface area contributed by atoms with Gasteiger partial charge in [-0.05, 0) is 31.6 Å². The second kappa shape index (κ2) is 3.79. The Hall–Kier alpha value is -0.370. The van der Waals surface area contributed by atoms with E-state index in [4.69, 9.17) is 0 Å². The molecule has 0 amide bonds. The highest BCUT2D eigenvalue weighted by molar-refractivity contribution is 5.83. The lowest BCUT2D eigenvalue weighted by molar-refractivity contribution is -0.122. The van der Waals surface area contributed by atoms with Crippen LogP contribution in [0.3, 0.4) is 0 Å². The van der Waals surface area contributed by atoms with Gasteiger partial charge in [-0.1, -0.05) is 12.8 Å². The Labute approximate surface area is 79.3 Å². The summed E-state index contributed by atoms with van der Waals surface area (Å²) in [6.45, 7) is 0. The maximum atomic E-state index is 11.5. The summed E-state index contributed by atoms with van der Waals surface area (Å²) in [5.74, 6) is 1.06. The zero-order valence-electron chi connectivity index (χ0n) is 8.04. The summed E-state index contributed by atoms with van der Waals surface area (Å²) >= 11 is 0. The zero-order chi connectivity index (χ0) is 9.26. The van der Waals surface area contributed by atoms with Gasteiger partial charge >= 0.3 is 0 Å². The van der Waals surface area contributed by atoms with E-state index < -0.39 is 0 Å². The van der Waals surface area contributed by atoms with Gasteiger partial charge in [-0.3, -0.25) is 4.79 Å². The van der Waals surface area contributed by atoms with Gasteiger partial charge in [-0.2, -0.15) is 0 Å². The molecule has 0 aromatic heterocycles. The number of aliphatic hydroxyl groups is 1. The second-order valence-corrected chi connectivity index (χ2v) is 4.56. The Morgan fingerprint density at radius 3 is 2.46 bits per heavy atom. The molecule has 0 radical (unpaired) electrons. The van der Waals surface area contributed by atoms with Gasteiger partial charge in [0.2, 0.25) is 0 Å². The quantitative estimate of drug-likeness (QED) is 0.724. The molecule has 2 aliphatic carbocycles. The standard InChI is InChI=1S/C11H18O2/c12-10-4-2-1-3-9(10)7-11(13)8-5-6-8/h8-10,12H,1-7H2. The van der Waals surface area contributed by atoms with E-state index in [0.29, 0.717) is 18.1 Å².